The first-order chi connectivity index (χ1) is 10.5. The first-order valence-corrected chi connectivity index (χ1v) is 7.91. The number of likely N-dealkylation sites (tertiary alicyclic amines) is 1. The first kappa shape index (κ1) is 15.0. The van der Waals surface area contributed by atoms with E-state index in [1.165, 1.54) is 12.1 Å². The van der Waals surface area contributed by atoms with Crippen molar-refractivity contribution in [3.05, 3.63) is 29.6 Å². The number of amides is 2. The fourth-order valence-corrected chi connectivity index (χ4v) is 3.44. The Balaban J connectivity index is 1.65. The Bertz CT molecular complexity index is 596. The molecule has 118 valence electrons. The molecule has 1 saturated heterocycles. The highest BCUT2D eigenvalue weighted by Gasteiger charge is 2.38. The van der Waals surface area contributed by atoms with Crippen LogP contribution in [-0.4, -0.2) is 29.3 Å². The lowest BCUT2D eigenvalue weighted by molar-refractivity contribution is -0.129. The summed E-state index contributed by atoms with van der Waals surface area (Å²) < 4.78 is 13.3. The normalized spacial score (nSPS) is 22.4. The van der Waals surface area contributed by atoms with Gasteiger partial charge in [-0.2, -0.15) is 0 Å². The molecular weight excluding hydrogens is 283 g/mol. The molecule has 1 saturated carbocycles. The van der Waals surface area contributed by atoms with E-state index in [-0.39, 0.29) is 30.0 Å². The van der Waals surface area contributed by atoms with Crippen LogP contribution < -0.4 is 5.32 Å². The highest BCUT2D eigenvalue weighted by atomic mass is 19.1. The number of hydrogen-bond acceptors (Lipinski definition) is 2. The number of rotatable bonds is 3. The van der Waals surface area contributed by atoms with Crippen molar-refractivity contribution in [1.29, 1.82) is 0 Å². The topological polar surface area (TPSA) is 49.4 Å². The molecule has 0 unspecified atom stereocenters. The van der Waals surface area contributed by atoms with E-state index in [1.54, 1.807) is 6.07 Å². The zero-order chi connectivity index (χ0) is 15.7. The van der Waals surface area contributed by atoms with Crippen molar-refractivity contribution in [2.75, 3.05) is 11.9 Å². The Hall–Kier alpha value is -1.91. The monoisotopic (exact) mass is 304 g/mol. The fourth-order valence-electron chi connectivity index (χ4n) is 3.44. The second kappa shape index (κ2) is 6.07. The van der Waals surface area contributed by atoms with E-state index in [2.05, 4.69) is 5.32 Å². The number of aryl methyl sites for hydroxylation is 1. The maximum absolute atomic E-state index is 13.3. The molecule has 2 aliphatic rings. The van der Waals surface area contributed by atoms with Crippen molar-refractivity contribution in [3.63, 3.8) is 0 Å². The lowest BCUT2D eigenvalue weighted by Gasteiger charge is -2.23. The predicted molar refractivity (Wildman–Crippen MR) is 81.8 cm³/mol. The molecule has 2 amide bonds. The molecule has 0 aromatic heterocycles. The second-order valence-electron chi connectivity index (χ2n) is 6.33. The van der Waals surface area contributed by atoms with Gasteiger partial charge in [0.05, 0.1) is 5.92 Å². The summed E-state index contributed by atoms with van der Waals surface area (Å²) in [6.45, 7) is 2.31. The van der Waals surface area contributed by atoms with Crippen LogP contribution in [0.5, 0.6) is 0 Å². The molecule has 1 aromatic carbocycles. The van der Waals surface area contributed by atoms with Crippen molar-refractivity contribution in [3.8, 4) is 0 Å². The van der Waals surface area contributed by atoms with Crippen molar-refractivity contribution < 1.29 is 14.0 Å². The molecule has 4 nitrogen and oxygen atoms in total. The number of nitrogens with one attached hydrogen (secondary N) is 1. The number of benzene rings is 1. The molecule has 1 aliphatic heterocycles. The number of hydrogen-bond donors (Lipinski definition) is 1. The number of anilines is 1. The number of nitrogens with zero attached hydrogens (tertiary/aromatic N) is 1. The minimum atomic E-state index is -0.379. The SMILES string of the molecule is Cc1ccc(F)cc1NC(=O)[C@H]1CC(=O)N(C2CCCC2)C1. The summed E-state index contributed by atoms with van der Waals surface area (Å²) in [7, 11) is 0. The molecule has 5 heteroatoms. The molecule has 0 spiro atoms. The van der Waals surface area contributed by atoms with Crippen LogP contribution in [0, 0.1) is 18.7 Å². The summed E-state index contributed by atoms with van der Waals surface area (Å²) in [6, 6.07) is 4.63. The highest BCUT2D eigenvalue weighted by Crippen LogP contribution is 2.30. The van der Waals surface area contributed by atoms with Crippen molar-refractivity contribution in [2.45, 2.75) is 45.1 Å². The number of carbonyl (C=O) groups is 2. The van der Waals surface area contributed by atoms with Gasteiger partial charge in [-0.3, -0.25) is 9.59 Å². The van der Waals surface area contributed by atoms with Crippen molar-refractivity contribution >= 4 is 17.5 Å². The van der Waals surface area contributed by atoms with Gasteiger partial charge in [-0.1, -0.05) is 18.9 Å². The van der Waals surface area contributed by atoms with Crippen molar-refractivity contribution in [2.24, 2.45) is 5.92 Å². The van der Waals surface area contributed by atoms with E-state index < -0.39 is 0 Å². The highest BCUT2D eigenvalue weighted by molar-refractivity contribution is 5.97. The van der Waals surface area contributed by atoms with E-state index in [9.17, 15) is 14.0 Å². The Morgan fingerprint density at radius 1 is 1.32 bits per heavy atom. The number of carbonyl (C=O) groups excluding carboxylic acids is 2. The van der Waals surface area contributed by atoms with Crippen molar-refractivity contribution in [1.82, 2.24) is 4.90 Å². The van der Waals surface area contributed by atoms with Crippen LogP contribution >= 0.6 is 0 Å². The third-order valence-electron chi connectivity index (χ3n) is 4.75. The lowest BCUT2D eigenvalue weighted by atomic mass is 10.1. The van der Waals surface area contributed by atoms with Gasteiger partial charge >= 0.3 is 0 Å². The quantitative estimate of drug-likeness (QED) is 0.933. The third kappa shape index (κ3) is 2.98. The summed E-state index contributed by atoms with van der Waals surface area (Å²) >= 11 is 0. The van der Waals surface area contributed by atoms with Crippen LogP contribution in [0.4, 0.5) is 10.1 Å². The molecule has 0 radical (unpaired) electrons. The summed E-state index contributed by atoms with van der Waals surface area (Å²) in [5.74, 6) is -0.836. The largest absolute Gasteiger partial charge is 0.339 e. The first-order valence-electron chi connectivity index (χ1n) is 7.91. The van der Waals surface area contributed by atoms with Crippen LogP contribution in [0.3, 0.4) is 0 Å². The third-order valence-corrected chi connectivity index (χ3v) is 4.75. The minimum absolute atomic E-state index is 0.0722. The maximum atomic E-state index is 13.3. The van der Waals surface area contributed by atoms with Crippen LogP contribution in [0.1, 0.15) is 37.7 Å². The van der Waals surface area contributed by atoms with Gasteiger partial charge < -0.3 is 10.2 Å². The van der Waals surface area contributed by atoms with Gasteiger partial charge in [-0.05, 0) is 37.5 Å². The van der Waals surface area contributed by atoms with E-state index >= 15 is 0 Å². The average Bonchev–Trinajstić information content (AvgIpc) is 3.11. The molecule has 1 atom stereocenters. The Labute approximate surface area is 129 Å². The van der Waals surface area contributed by atoms with E-state index in [0.717, 1.165) is 31.2 Å². The van der Waals surface area contributed by atoms with Crippen LogP contribution in [0.25, 0.3) is 0 Å². The van der Waals surface area contributed by atoms with Gasteiger partial charge in [0, 0.05) is 24.7 Å². The van der Waals surface area contributed by atoms with E-state index in [1.807, 2.05) is 11.8 Å². The molecule has 0 bridgehead atoms. The van der Waals surface area contributed by atoms with Gasteiger partial charge in [0.15, 0.2) is 0 Å². The smallest absolute Gasteiger partial charge is 0.229 e. The fraction of sp³-hybridized carbons (Fsp3) is 0.529. The summed E-state index contributed by atoms with van der Waals surface area (Å²) in [5.41, 5.74) is 1.29. The Morgan fingerprint density at radius 2 is 2.05 bits per heavy atom. The molecule has 1 aliphatic carbocycles. The van der Waals surface area contributed by atoms with Gasteiger partial charge in [0.1, 0.15) is 5.82 Å². The zero-order valence-corrected chi connectivity index (χ0v) is 12.8. The average molecular weight is 304 g/mol. The maximum Gasteiger partial charge on any atom is 0.229 e. The Kier molecular flexibility index (Phi) is 4.14. The molecule has 2 fully saturated rings. The van der Waals surface area contributed by atoms with Gasteiger partial charge in [0.2, 0.25) is 11.8 Å². The predicted octanol–water partition coefficient (Wildman–Crippen LogP) is 2.86. The molecule has 22 heavy (non-hydrogen) atoms. The second-order valence-corrected chi connectivity index (χ2v) is 6.33. The molecular formula is C17H21FN2O2. The molecule has 1 heterocycles. The summed E-state index contributed by atoms with van der Waals surface area (Å²) in [6.07, 6.45) is 4.67. The lowest BCUT2D eigenvalue weighted by Crippen LogP contribution is -2.35. The minimum Gasteiger partial charge on any atom is -0.339 e. The Morgan fingerprint density at radius 3 is 2.77 bits per heavy atom. The van der Waals surface area contributed by atoms with Gasteiger partial charge in [0.25, 0.3) is 0 Å². The molecule has 1 N–H and O–H groups in total. The van der Waals surface area contributed by atoms with Gasteiger partial charge in [-0.25, -0.2) is 4.39 Å². The van der Waals surface area contributed by atoms with Gasteiger partial charge in [-0.15, -0.1) is 0 Å². The van der Waals surface area contributed by atoms with Crippen LogP contribution in [0.2, 0.25) is 0 Å². The summed E-state index contributed by atoms with van der Waals surface area (Å²) in [4.78, 5) is 26.4. The standard InChI is InChI=1S/C17H21FN2O2/c1-11-6-7-13(18)9-15(11)19-17(22)12-8-16(21)20(10-12)14-4-2-3-5-14/h6-7,9,12,14H,2-5,8,10H2,1H3,(H,19,22)/t12-/m0/s1. The molecule has 3 rings (SSSR count). The molecule has 1 aromatic rings. The van der Waals surface area contributed by atoms with E-state index in [0.29, 0.717) is 18.3 Å². The summed E-state index contributed by atoms with van der Waals surface area (Å²) in [5, 5.41) is 2.77. The zero-order valence-electron chi connectivity index (χ0n) is 12.8. The number of halogens is 1. The van der Waals surface area contributed by atoms with Crippen LogP contribution in [-0.2, 0) is 9.59 Å². The van der Waals surface area contributed by atoms with E-state index in [4.69, 9.17) is 0 Å². The van der Waals surface area contributed by atoms with Crippen LogP contribution in [0.15, 0.2) is 18.2 Å².